The molecule has 1 aliphatic carbocycles. The van der Waals surface area contributed by atoms with Gasteiger partial charge in [-0.15, -0.1) is 11.8 Å². The molecule has 1 atom stereocenters. The Balaban J connectivity index is 1.54. The zero-order chi connectivity index (χ0) is 23.9. The number of benzene rings is 2. The van der Waals surface area contributed by atoms with Crippen molar-refractivity contribution in [3.8, 4) is 0 Å². The van der Waals surface area contributed by atoms with Crippen molar-refractivity contribution >= 4 is 28.5 Å². The van der Waals surface area contributed by atoms with Crippen LogP contribution in [0.1, 0.15) is 47.1 Å². The maximum absolute atomic E-state index is 14.1. The minimum atomic E-state index is -0.556. The normalized spacial score (nSPS) is 20.2. The number of rotatable bonds is 6. The molecule has 0 bridgehead atoms. The third-order valence-electron chi connectivity index (χ3n) is 7.50. The molecule has 2 fully saturated rings. The maximum atomic E-state index is 14.1. The van der Waals surface area contributed by atoms with Gasteiger partial charge >= 0.3 is 5.97 Å². The van der Waals surface area contributed by atoms with E-state index in [4.69, 9.17) is 9.47 Å². The number of nitrogens with zero attached hydrogens (tertiary/aromatic N) is 2. The Morgan fingerprint density at radius 1 is 1.09 bits per heavy atom. The number of esters is 1. The molecule has 3 aliphatic rings. The van der Waals surface area contributed by atoms with Crippen LogP contribution >= 0.6 is 11.8 Å². The summed E-state index contributed by atoms with van der Waals surface area (Å²) in [5.74, 6) is 0.671. The fourth-order valence-corrected chi connectivity index (χ4v) is 6.93. The molecule has 3 aromatic rings. The van der Waals surface area contributed by atoms with Crippen molar-refractivity contribution in [3.63, 3.8) is 0 Å². The lowest BCUT2D eigenvalue weighted by molar-refractivity contribution is -0.143. The lowest BCUT2D eigenvalue weighted by Gasteiger charge is -2.29. The molecule has 7 heteroatoms. The van der Waals surface area contributed by atoms with Crippen LogP contribution in [-0.4, -0.2) is 54.6 Å². The zero-order valence-electron chi connectivity index (χ0n) is 20.0. The molecule has 1 saturated carbocycles. The van der Waals surface area contributed by atoms with Gasteiger partial charge in [0, 0.05) is 31.0 Å². The van der Waals surface area contributed by atoms with Gasteiger partial charge in [-0.2, -0.15) is 0 Å². The van der Waals surface area contributed by atoms with Gasteiger partial charge in [-0.3, -0.25) is 14.3 Å². The monoisotopic (exact) mass is 490 g/mol. The molecule has 2 aliphatic heterocycles. The van der Waals surface area contributed by atoms with Gasteiger partial charge < -0.3 is 9.47 Å². The standard InChI is InChI=1S/C28H30N2O4S/c1-33-28(32)24-17-35-27-25(19-9-10-19)22(15-20-7-4-6-18-5-2-3-8-21(18)20)23(26(31)30(24)27)16-29-11-13-34-14-12-29/h2-8,19,24H,9-17H2,1H3/t24-/m0/s1. The van der Waals surface area contributed by atoms with E-state index >= 15 is 0 Å². The average molecular weight is 491 g/mol. The van der Waals surface area contributed by atoms with Crippen LogP contribution in [0.2, 0.25) is 0 Å². The number of pyridine rings is 1. The Kier molecular flexibility index (Phi) is 6.16. The van der Waals surface area contributed by atoms with Crippen LogP contribution in [0.25, 0.3) is 10.8 Å². The molecular weight excluding hydrogens is 460 g/mol. The molecule has 3 heterocycles. The summed E-state index contributed by atoms with van der Waals surface area (Å²) in [7, 11) is 1.40. The largest absolute Gasteiger partial charge is 0.467 e. The predicted molar refractivity (Wildman–Crippen MR) is 137 cm³/mol. The van der Waals surface area contributed by atoms with Gasteiger partial charge in [0.1, 0.15) is 6.04 Å². The highest BCUT2D eigenvalue weighted by molar-refractivity contribution is 7.99. The predicted octanol–water partition coefficient (Wildman–Crippen LogP) is 4.12. The van der Waals surface area contributed by atoms with Crippen LogP contribution in [0.5, 0.6) is 0 Å². The third kappa shape index (κ3) is 4.20. The van der Waals surface area contributed by atoms with Crippen LogP contribution in [0.15, 0.2) is 52.3 Å². The summed E-state index contributed by atoms with van der Waals surface area (Å²) in [6.45, 7) is 3.56. The first-order chi connectivity index (χ1) is 17.2. The fraction of sp³-hybridized carbons (Fsp3) is 0.429. The molecule has 0 spiro atoms. The number of morpholine rings is 1. The van der Waals surface area contributed by atoms with E-state index in [0.29, 0.717) is 31.4 Å². The molecule has 1 aromatic heterocycles. The molecular formula is C28H30N2O4S. The van der Waals surface area contributed by atoms with E-state index in [9.17, 15) is 9.59 Å². The first-order valence-corrected chi connectivity index (χ1v) is 13.4. The highest BCUT2D eigenvalue weighted by Gasteiger charge is 2.40. The van der Waals surface area contributed by atoms with Crippen LogP contribution in [0.4, 0.5) is 0 Å². The Morgan fingerprint density at radius 3 is 2.63 bits per heavy atom. The number of ether oxygens (including phenoxy) is 2. The van der Waals surface area contributed by atoms with Crippen LogP contribution in [0, 0.1) is 0 Å². The van der Waals surface area contributed by atoms with Gasteiger partial charge in [-0.1, -0.05) is 42.5 Å². The molecule has 0 unspecified atom stereocenters. The summed E-state index contributed by atoms with van der Waals surface area (Å²) in [6, 6.07) is 14.3. The first kappa shape index (κ1) is 22.8. The van der Waals surface area contributed by atoms with Crippen LogP contribution < -0.4 is 5.56 Å². The smallest absolute Gasteiger partial charge is 0.329 e. The highest BCUT2D eigenvalue weighted by Crippen LogP contribution is 2.49. The average Bonchev–Trinajstić information content (AvgIpc) is 3.64. The lowest BCUT2D eigenvalue weighted by Crippen LogP contribution is -2.40. The molecule has 6 nitrogen and oxygen atoms in total. The molecule has 35 heavy (non-hydrogen) atoms. The van der Waals surface area contributed by atoms with E-state index in [-0.39, 0.29) is 11.5 Å². The second-order valence-electron chi connectivity index (χ2n) is 9.68. The lowest BCUT2D eigenvalue weighted by atomic mass is 9.91. The summed E-state index contributed by atoms with van der Waals surface area (Å²) >= 11 is 1.64. The zero-order valence-corrected chi connectivity index (χ0v) is 20.8. The molecule has 0 radical (unpaired) electrons. The van der Waals surface area contributed by atoms with Gasteiger partial charge in [-0.25, -0.2) is 4.79 Å². The van der Waals surface area contributed by atoms with Crippen molar-refractivity contribution in [2.24, 2.45) is 0 Å². The van der Waals surface area contributed by atoms with Crippen molar-refractivity contribution in [1.29, 1.82) is 0 Å². The number of hydrogen-bond acceptors (Lipinski definition) is 6. The van der Waals surface area contributed by atoms with E-state index in [1.54, 1.807) is 16.3 Å². The number of aromatic nitrogens is 1. The highest BCUT2D eigenvalue weighted by atomic mass is 32.2. The molecule has 0 amide bonds. The number of hydrogen-bond donors (Lipinski definition) is 0. The molecule has 182 valence electrons. The van der Waals surface area contributed by atoms with Crippen molar-refractivity contribution in [2.75, 3.05) is 39.2 Å². The number of fused-ring (bicyclic) bond motifs is 2. The summed E-state index contributed by atoms with van der Waals surface area (Å²) in [4.78, 5) is 29.1. The van der Waals surface area contributed by atoms with Gasteiger partial charge in [0.05, 0.1) is 25.3 Å². The Bertz CT molecular complexity index is 1340. The molecule has 6 rings (SSSR count). The Morgan fingerprint density at radius 2 is 1.86 bits per heavy atom. The second-order valence-corrected chi connectivity index (χ2v) is 10.7. The van der Waals surface area contributed by atoms with Crippen molar-refractivity contribution in [1.82, 2.24) is 9.47 Å². The summed E-state index contributed by atoms with van der Waals surface area (Å²) in [5.41, 5.74) is 4.50. The Labute approximate surface area is 209 Å². The number of thioether (sulfide) groups is 1. The summed E-state index contributed by atoms with van der Waals surface area (Å²) in [6.07, 6.45) is 2.99. The van der Waals surface area contributed by atoms with Gasteiger partial charge in [-0.05, 0) is 52.6 Å². The van der Waals surface area contributed by atoms with E-state index in [0.717, 1.165) is 42.9 Å². The fourth-order valence-electron chi connectivity index (χ4n) is 5.54. The molecule has 2 aromatic carbocycles. The maximum Gasteiger partial charge on any atom is 0.329 e. The number of carbonyl (C=O) groups is 1. The summed E-state index contributed by atoms with van der Waals surface area (Å²) < 4.78 is 12.4. The van der Waals surface area contributed by atoms with E-state index in [1.165, 1.54) is 34.6 Å². The van der Waals surface area contributed by atoms with Crippen molar-refractivity contribution in [3.05, 3.63) is 75.1 Å². The van der Waals surface area contributed by atoms with E-state index < -0.39 is 6.04 Å². The number of carbonyl (C=O) groups excluding carboxylic acids is 1. The van der Waals surface area contributed by atoms with Crippen LogP contribution in [-0.2, 0) is 27.2 Å². The van der Waals surface area contributed by atoms with Crippen LogP contribution in [0.3, 0.4) is 0 Å². The summed E-state index contributed by atoms with van der Waals surface area (Å²) in [5, 5.41) is 3.43. The Hall–Kier alpha value is -2.61. The van der Waals surface area contributed by atoms with Crippen molar-refractivity contribution in [2.45, 2.75) is 42.8 Å². The minimum absolute atomic E-state index is 0.0356. The van der Waals surface area contributed by atoms with E-state index in [2.05, 4.69) is 47.4 Å². The minimum Gasteiger partial charge on any atom is -0.467 e. The van der Waals surface area contributed by atoms with Crippen molar-refractivity contribution < 1.29 is 14.3 Å². The third-order valence-corrected chi connectivity index (χ3v) is 8.67. The second kappa shape index (κ2) is 9.45. The van der Waals surface area contributed by atoms with E-state index in [1.807, 2.05) is 0 Å². The topological polar surface area (TPSA) is 60.8 Å². The first-order valence-electron chi connectivity index (χ1n) is 12.4. The molecule has 1 saturated heterocycles. The quantitative estimate of drug-likeness (QED) is 0.485. The van der Waals surface area contributed by atoms with Gasteiger partial charge in [0.25, 0.3) is 5.56 Å². The molecule has 0 N–H and O–H groups in total. The van der Waals surface area contributed by atoms with Gasteiger partial charge in [0.15, 0.2) is 0 Å². The van der Waals surface area contributed by atoms with Gasteiger partial charge in [0.2, 0.25) is 0 Å². The SMILES string of the molecule is COC(=O)[C@@H]1CSc2c(C3CC3)c(Cc3cccc4ccccc34)c(CN3CCOCC3)c(=O)n21. The number of methoxy groups -OCH3 is 1.